The van der Waals surface area contributed by atoms with Gasteiger partial charge in [-0.2, -0.15) is 0 Å². The minimum Gasteiger partial charge on any atom is -0.491 e. The fraction of sp³-hybridized carbons (Fsp3) is 0.379. The molecule has 6 nitrogen and oxygen atoms in total. The summed E-state index contributed by atoms with van der Waals surface area (Å²) in [6.07, 6.45) is 13.2. The van der Waals surface area contributed by atoms with Crippen LogP contribution in [-0.4, -0.2) is 34.6 Å². The molecule has 1 aliphatic carbocycles. The lowest BCUT2D eigenvalue weighted by molar-refractivity contribution is 0.290. The molecular weight excluding hydrogens is 472 g/mol. The minimum absolute atomic E-state index is 0.0338. The number of anilines is 1. The second-order valence-corrected chi connectivity index (χ2v) is 9.23. The van der Waals surface area contributed by atoms with E-state index in [0.29, 0.717) is 24.4 Å². The highest BCUT2D eigenvalue weighted by molar-refractivity contribution is 5.78. The lowest BCUT2D eigenvalue weighted by atomic mass is 10.1. The molecule has 0 atom stereocenters. The van der Waals surface area contributed by atoms with Gasteiger partial charge in [0.25, 0.3) is 0 Å². The first-order valence-electron chi connectivity index (χ1n) is 13.0. The van der Waals surface area contributed by atoms with Gasteiger partial charge in [0.2, 0.25) is 0 Å². The summed E-state index contributed by atoms with van der Waals surface area (Å²) >= 11 is 0. The first-order chi connectivity index (χ1) is 18.0. The number of nitrogens with two attached hydrogens (primary N) is 1. The van der Waals surface area contributed by atoms with Crippen LogP contribution in [-0.2, 0) is 0 Å². The van der Waals surface area contributed by atoms with E-state index in [4.69, 9.17) is 10.5 Å². The average molecular weight is 508 g/mol. The number of piperidine rings is 1. The maximum absolute atomic E-state index is 15.3. The number of nitrogen functional groups attached to an aromatic ring is 1. The summed E-state index contributed by atoms with van der Waals surface area (Å²) in [4.78, 5) is 11.1. The van der Waals surface area contributed by atoms with E-state index in [1.807, 2.05) is 19.9 Å². The number of hydrogen-bond donors (Lipinski definition) is 2. The molecular formula is C29H35F2N5O. The smallest absolute Gasteiger partial charge is 0.179 e. The van der Waals surface area contributed by atoms with E-state index < -0.39 is 11.6 Å². The van der Waals surface area contributed by atoms with Crippen molar-refractivity contribution in [1.29, 1.82) is 0 Å². The van der Waals surface area contributed by atoms with Crippen LogP contribution in [0.3, 0.4) is 0 Å². The molecule has 1 aromatic heterocycles. The van der Waals surface area contributed by atoms with Crippen molar-refractivity contribution < 1.29 is 13.5 Å². The van der Waals surface area contributed by atoms with Gasteiger partial charge in [-0.15, -0.1) is 0 Å². The van der Waals surface area contributed by atoms with Gasteiger partial charge in [-0.25, -0.2) is 18.7 Å². The predicted octanol–water partition coefficient (Wildman–Crippen LogP) is 6.35. The zero-order valence-corrected chi connectivity index (χ0v) is 21.6. The van der Waals surface area contributed by atoms with Crippen molar-refractivity contribution in [2.75, 3.05) is 25.4 Å². The number of hydrogen-bond acceptors (Lipinski definition) is 6. The van der Waals surface area contributed by atoms with Gasteiger partial charge in [0.15, 0.2) is 17.4 Å². The molecule has 0 bridgehead atoms. The highest BCUT2D eigenvalue weighted by Crippen LogP contribution is 2.38. The molecule has 0 amide bonds. The Morgan fingerprint density at radius 3 is 2.62 bits per heavy atom. The third kappa shape index (κ3) is 6.01. The van der Waals surface area contributed by atoms with E-state index in [2.05, 4.69) is 32.8 Å². The van der Waals surface area contributed by atoms with E-state index >= 15 is 4.39 Å². The molecule has 196 valence electrons. The van der Waals surface area contributed by atoms with Crippen LogP contribution in [0.4, 0.5) is 14.5 Å². The van der Waals surface area contributed by atoms with Gasteiger partial charge < -0.3 is 20.7 Å². The van der Waals surface area contributed by atoms with E-state index in [0.717, 1.165) is 61.4 Å². The predicted molar refractivity (Wildman–Crippen MR) is 144 cm³/mol. The third-order valence-corrected chi connectivity index (χ3v) is 6.41. The zero-order valence-electron chi connectivity index (χ0n) is 21.6. The molecule has 0 radical (unpaired) electrons. The van der Waals surface area contributed by atoms with Crippen LogP contribution in [0, 0.1) is 11.6 Å². The average Bonchev–Trinajstić information content (AvgIpc) is 3.75. The SMILES string of the molecule is C=C/C(NC(=C1CC1)c1nc(-c2c(F)ccc(OCCC)c2F)ncc1N)=C(\C=C/C)N1CCCCC1. The molecule has 4 rings (SSSR count). The van der Waals surface area contributed by atoms with Crippen LogP contribution < -0.4 is 15.8 Å². The number of likely N-dealkylation sites (tertiary alicyclic amines) is 1. The first-order valence-corrected chi connectivity index (χ1v) is 13.0. The van der Waals surface area contributed by atoms with Gasteiger partial charge in [0, 0.05) is 13.1 Å². The monoisotopic (exact) mass is 507 g/mol. The summed E-state index contributed by atoms with van der Waals surface area (Å²) in [7, 11) is 0. The first kappa shape index (κ1) is 26.4. The Bertz CT molecular complexity index is 1240. The van der Waals surface area contributed by atoms with Crippen LogP contribution in [0.15, 0.2) is 60.1 Å². The van der Waals surface area contributed by atoms with E-state index in [1.54, 1.807) is 6.08 Å². The van der Waals surface area contributed by atoms with Crippen LogP contribution in [0.25, 0.3) is 17.1 Å². The quantitative estimate of drug-likeness (QED) is 0.365. The van der Waals surface area contributed by atoms with Gasteiger partial charge in [-0.05, 0) is 75.3 Å². The Labute approximate surface area is 217 Å². The zero-order chi connectivity index (χ0) is 26.4. The molecule has 2 aliphatic rings. The number of halogens is 2. The number of ether oxygens (including phenoxy) is 1. The maximum atomic E-state index is 15.3. The Balaban J connectivity index is 1.76. The summed E-state index contributed by atoms with van der Waals surface area (Å²) in [5.41, 5.74) is 10.5. The second kappa shape index (κ2) is 12.0. The Morgan fingerprint density at radius 2 is 1.97 bits per heavy atom. The molecule has 2 heterocycles. The summed E-state index contributed by atoms with van der Waals surface area (Å²) in [5.74, 6) is -1.72. The number of nitrogens with one attached hydrogen (secondary N) is 1. The summed E-state index contributed by atoms with van der Waals surface area (Å²) in [5, 5.41) is 3.52. The number of allylic oxidation sites excluding steroid dienone is 4. The second-order valence-electron chi connectivity index (χ2n) is 9.23. The normalized spacial score (nSPS) is 16.0. The Hall–Kier alpha value is -3.68. The number of nitrogens with zero attached hydrogens (tertiary/aromatic N) is 3. The van der Waals surface area contributed by atoms with Gasteiger partial charge >= 0.3 is 0 Å². The molecule has 1 saturated heterocycles. The number of rotatable bonds is 10. The lowest BCUT2D eigenvalue weighted by Gasteiger charge is -2.31. The van der Waals surface area contributed by atoms with Crippen molar-refractivity contribution in [3.8, 4) is 17.1 Å². The van der Waals surface area contributed by atoms with E-state index in [9.17, 15) is 4.39 Å². The van der Waals surface area contributed by atoms with Crippen LogP contribution in [0.5, 0.6) is 5.75 Å². The van der Waals surface area contributed by atoms with Gasteiger partial charge in [-0.1, -0.05) is 19.6 Å². The number of benzene rings is 1. The van der Waals surface area contributed by atoms with Crippen molar-refractivity contribution in [3.05, 3.63) is 77.4 Å². The topological polar surface area (TPSA) is 76.3 Å². The molecule has 2 fully saturated rings. The number of aromatic nitrogens is 2. The van der Waals surface area contributed by atoms with Crippen molar-refractivity contribution in [2.24, 2.45) is 0 Å². The molecule has 0 unspecified atom stereocenters. The standard InChI is InChI=1S/C29H35F2N5O/c1-4-10-23(36-15-8-7-9-16-36)22(6-3)34-27(19-11-12-19)28-21(32)18-33-29(35-28)25-20(30)13-14-24(26(25)31)37-17-5-2/h4,6,10,13-14,18,34H,3,5,7-9,11-12,15-17,32H2,1-2H3/b10-4-,23-22-. The fourth-order valence-electron chi connectivity index (χ4n) is 4.41. The summed E-state index contributed by atoms with van der Waals surface area (Å²) < 4.78 is 35.6. The van der Waals surface area contributed by atoms with E-state index in [1.165, 1.54) is 24.8 Å². The van der Waals surface area contributed by atoms with Gasteiger partial charge in [0.1, 0.15) is 11.5 Å². The maximum Gasteiger partial charge on any atom is 0.179 e. The van der Waals surface area contributed by atoms with Crippen molar-refractivity contribution in [1.82, 2.24) is 20.2 Å². The Kier molecular flexibility index (Phi) is 8.58. The molecule has 3 N–H and O–H groups in total. The molecule has 1 aromatic carbocycles. The molecule has 1 saturated carbocycles. The largest absolute Gasteiger partial charge is 0.491 e. The van der Waals surface area contributed by atoms with E-state index in [-0.39, 0.29) is 17.1 Å². The molecule has 8 heteroatoms. The lowest BCUT2D eigenvalue weighted by Crippen LogP contribution is -2.31. The highest BCUT2D eigenvalue weighted by atomic mass is 19.1. The summed E-state index contributed by atoms with van der Waals surface area (Å²) in [6, 6.07) is 2.45. The fourth-order valence-corrected chi connectivity index (χ4v) is 4.41. The van der Waals surface area contributed by atoms with Crippen molar-refractivity contribution in [2.45, 2.75) is 52.4 Å². The molecule has 0 spiro atoms. The van der Waals surface area contributed by atoms with Crippen LogP contribution in [0.2, 0.25) is 0 Å². The molecule has 2 aromatic rings. The minimum atomic E-state index is -0.829. The Morgan fingerprint density at radius 1 is 1.22 bits per heavy atom. The summed E-state index contributed by atoms with van der Waals surface area (Å²) in [6.45, 7) is 10.2. The molecule has 37 heavy (non-hydrogen) atoms. The highest BCUT2D eigenvalue weighted by Gasteiger charge is 2.26. The third-order valence-electron chi connectivity index (χ3n) is 6.41. The van der Waals surface area contributed by atoms with Crippen molar-refractivity contribution >= 4 is 11.4 Å². The van der Waals surface area contributed by atoms with Crippen molar-refractivity contribution in [3.63, 3.8) is 0 Å². The van der Waals surface area contributed by atoms with Gasteiger partial charge in [0.05, 0.1) is 41.1 Å². The molecule has 1 aliphatic heterocycles. The van der Waals surface area contributed by atoms with Gasteiger partial charge in [-0.3, -0.25) is 0 Å². The van der Waals surface area contributed by atoms with Crippen LogP contribution >= 0.6 is 0 Å². The van der Waals surface area contributed by atoms with Crippen LogP contribution in [0.1, 0.15) is 58.1 Å².